The van der Waals surface area contributed by atoms with Crippen molar-refractivity contribution in [3.63, 3.8) is 0 Å². The number of halogens is 2. The Labute approximate surface area is 314 Å². The molecule has 2 aliphatic carbocycles. The zero-order valence-electron chi connectivity index (χ0n) is 29.6. The van der Waals surface area contributed by atoms with Crippen LogP contribution < -0.4 is 10.6 Å². The van der Waals surface area contributed by atoms with Crippen LogP contribution in [0.3, 0.4) is 0 Å². The molecule has 51 heavy (non-hydrogen) atoms. The number of thiazole rings is 1. The summed E-state index contributed by atoms with van der Waals surface area (Å²) in [6.45, 7) is 4.94. The molecular weight excluding hydrogens is 709 g/mol. The molecule has 1 saturated heterocycles. The smallest absolute Gasteiger partial charge is 0.336 e. The van der Waals surface area contributed by atoms with Gasteiger partial charge in [-0.3, -0.25) is 9.69 Å². The van der Waals surface area contributed by atoms with Crippen LogP contribution >= 0.6 is 34.5 Å². The first kappa shape index (κ1) is 37.8. The lowest BCUT2D eigenvalue weighted by Crippen LogP contribution is -2.53. The summed E-state index contributed by atoms with van der Waals surface area (Å²) in [5, 5.41) is 10.6. The van der Waals surface area contributed by atoms with Crippen LogP contribution in [0.2, 0.25) is 10.0 Å². The van der Waals surface area contributed by atoms with Crippen LogP contribution in [0.5, 0.6) is 0 Å². The third-order valence-electron chi connectivity index (χ3n) is 11.1. The number of nitrogens with zero attached hydrogens (tertiary/aromatic N) is 3. The van der Waals surface area contributed by atoms with E-state index in [1.165, 1.54) is 76.9 Å². The van der Waals surface area contributed by atoms with Crippen molar-refractivity contribution in [3.05, 3.63) is 72.9 Å². The number of methoxy groups -OCH3 is 2. The van der Waals surface area contributed by atoms with Crippen molar-refractivity contribution < 1.29 is 23.9 Å². The van der Waals surface area contributed by atoms with Crippen molar-refractivity contribution in [2.45, 2.75) is 82.6 Å². The minimum absolute atomic E-state index is 0.0898. The maximum atomic E-state index is 14.1. The van der Waals surface area contributed by atoms with Crippen molar-refractivity contribution in [2.24, 2.45) is 5.41 Å². The van der Waals surface area contributed by atoms with Gasteiger partial charge in [0, 0.05) is 90.3 Å². The number of benzene rings is 1. The summed E-state index contributed by atoms with van der Waals surface area (Å²) in [5.41, 5.74) is 1.85. The molecule has 13 heteroatoms. The minimum atomic E-state index is -1.03. The molecule has 0 radical (unpaired) electrons. The van der Waals surface area contributed by atoms with Gasteiger partial charge in [-0.25, -0.2) is 14.6 Å². The summed E-state index contributed by atoms with van der Waals surface area (Å²) in [6.07, 6.45) is 12.9. The van der Waals surface area contributed by atoms with Gasteiger partial charge >= 0.3 is 11.9 Å². The van der Waals surface area contributed by atoms with Crippen LogP contribution in [-0.2, 0) is 30.3 Å². The number of ether oxygens (including phenoxy) is 2. The summed E-state index contributed by atoms with van der Waals surface area (Å²) in [4.78, 5) is 50.2. The van der Waals surface area contributed by atoms with Crippen LogP contribution in [0.25, 0.3) is 0 Å². The fourth-order valence-electron chi connectivity index (χ4n) is 8.43. The largest absolute Gasteiger partial charge is 0.466 e. The van der Waals surface area contributed by atoms with E-state index >= 15 is 0 Å². The Balaban J connectivity index is 1.23. The number of allylic oxidation sites excluding steroid dienone is 1. The fourth-order valence-corrected chi connectivity index (χ4v) is 9.67. The monoisotopic (exact) mass is 757 g/mol. The summed E-state index contributed by atoms with van der Waals surface area (Å²) < 4.78 is 10.6. The number of rotatable bonds is 13. The molecule has 1 amide bonds. The summed E-state index contributed by atoms with van der Waals surface area (Å²) in [6, 6.07) is 5.69. The van der Waals surface area contributed by atoms with Gasteiger partial charge < -0.3 is 25.0 Å². The number of carbonyl (C=O) groups excluding carboxylic acids is 3. The number of aromatic nitrogens is 1. The number of dihydropyridines is 1. The predicted octanol–water partition coefficient (Wildman–Crippen LogP) is 6.25. The van der Waals surface area contributed by atoms with E-state index in [-0.39, 0.29) is 33.5 Å². The van der Waals surface area contributed by atoms with Crippen molar-refractivity contribution in [1.82, 2.24) is 25.4 Å². The second-order valence-electron chi connectivity index (χ2n) is 14.3. The molecule has 0 spiro atoms. The van der Waals surface area contributed by atoms with E-state index in [0.717, 1.165) is 31.2 Å². The van der Waals surface area contributed by atoms with E-state index in [0.29, 0.717) is 54.3 Å². The third-order valence-corrected chi connectivity index (χ3v) is 12.6. The molecule has 2 aromatic rings. The zero-order valence-corrected chi connectivity index (χ0v) is 31.9. The number of nitrogens with one attached hydrogen (secondary N) is 2. The minimum Gasteiger partial charge on any atom is -0.466 e. The van der Waals surface area contributed by atoms with E-state index in [1.807, 2.05) is 10.3 Å². The van der Waals surface area contributed by atoms with Gasteiger partial charge in [0.1, 0.15) is 0 Å². The lowest BCUT2D eigenvalue weighted by atomic mass is 9.78. The normalized spacial score (nSPS) is 21.3. The Morgan fingerprint density at radius 1 is 0.941 bits per heavy atom. The van der Waals surface area contributed by atoms with E-state index in [4.69, 9.17) is 32.7 Å². The highest BCUT2D eigenvalue weighted by atomic mass is 35.5. The number of esters is 2. The highest BCUT2D eigenvalue weighted by Crippen LogP contribution is 2.46. The van der Waals surface area contributed by atoms with Gasteiger partial charge in [-0.1, -0.05) is 55.0 Å². The van der Waals surface area contributed by atoms with Crippen LogP contribution in [0.4, 0.5) is 0 Å². The lowest BCUT2D eigenvalue weighted by molar-refractivity contribution is -0.137. The summed E-state index contributed by atoms with van der Waals surface area (Å²) in [5.74, 6) is -2.47. The first-order valence-corrected chi connectivity index (χ1v) is 19.8. The first-order chi connectivity index (χ1) is 24.7. The van der Waals surface area contributed by atoms with Crippen LogP contribution in [0, 0.1) is 5.41 Å². The molecule has 6 rings (SSSR count). The Kier molecular flexibility index (Phi) is 12.8. The molecule has 0 bridgehead atoms. The maximum Gasteiger partial charge on any atom is 0.336 e. The van der Waals surface area contributed by atoms with Crippen LogP contribution in [0.15, 0.2) is 52.3 Å². The molecule has 1 atom stereocenters. The molecule has 10 nitrogen and oxygen atoms in total. The van der Waals surface area contributed by atoms with Gasteiger partial charge in [0.15, 0.2) is 0 Å². The van der Waals surface area contributed by atoms with Crippen LogP contribution in [-0.4, -0.2) is 92.2 Å². The van der Waals surface area contributed by atoms with Gasteiger partial charge in [0.05, 0.1) is 42.7 Å². The average molecular weight is 759 g/mol. The molecule has 4 aliphatic rings. The third kappa shape index (κ3) is 8.82. The number of amides is 1. The summed E-state index contributed by atoms with van der Waals surface area (Å²) >= 11 is 15.0. The van der Waals surface area contributed by atoms with Crippen molar-refractivity contribution in [3.8, 4) is 0 Å². The highest BCUT2D eigenvalue weighted by Gasteiger charge is 2.42. The Morgan fingerprint density at radius 2 is 1.59 bits per heavy atom. The molecule has 1 aromatic carbocycles. The molecule has 3 heterocycles. The standard InChI is InChI=1S/C38H49Cl2N5O5S/c1-49-36(47)33-28(12-13-30-41-16-21-51-30)43-29(34(37(48)50-2)35(33)32-26(39)10-7-11-27(32)40)22-31(46)45-19-17-44(18-20-45)24-38(14-5-6-15-38)23-42-25-8-3-4-9-25/h7,10-11,16,21,25,35,42-43H,3-6,8-9,12-15,17-20,22-24H2,1-2H3. The van der Waals surface area contributed by atoms with Gasteiger partial charge in [0.2, 0.25) is 5.91 Å². The quantitative estimate of drug-likeness (QED) is 0.229. The van der Waals surface area contributed by atoms with Crippen molar-refractivity contribution in [1.29, 1.82) is 0 Å². The van der Waals surface area contributed by atoms with Gasteiger partial charge in [-0.2, -0.15) is 0 Å². The Morgan fingerprint density at radius 3 is 2.20 bits per heavy atom. The topological polar surface area (TPSA) is 113 Å². The maximum absolute atomic E-state index is 14.1. The molecule has 3 fully saturated rings. The van der Waals surface area contributed by atoms with E-state index in [2.05, 4.69) is 20.5 Å². The van der Waals surface area contributed by atoms with Crippen LogP contribution in [0.1, 0.15) is 80.7 Å². The Hall–Kier alpha value is -2.96. The van der Waals surface area contributed by atoms with Gasteiger partial charge in [-0.05, 0) is 49.7 Å². The predicted molar refractivity (Wildman–Crippen MR) is 200 cm³/mol. The van der Waals surface area contributed by atoms with E-state index in [1.54, 1.807) is 24.4 Å². The fraction of sp³-hybridized carbons (Fsp3) is 0.579. The lowest BCUT2D eigenvalue weighted by Gasteiger charge is -2.41. The number of aryl methyl sites for hydroxylation is 1. The van der Waals surface area contributed by atoms with E-state index < -0.39 is 17.9 Å². The summed E-state index contributed by atoms with van der Waals surface area (Å²) in [7, 11) is 2.57. The SMILES string of the molecule is COC(=O)C1=C(CCc2nccs2)NC(CC(=O)N2CCN(CC3(CNC4CCCC4)CCCC3)CC2)=C(C(=O)OC)C1c1c(Cl)cccc1Cl. The molecule has 1 unspecified atom stereocenters. The Bertz CT molecular complexity index is 1610. The van der Waals surface area contributed by atoms with Crippen molar-refractivity contribution in [2.75, 3.05) is 53.5 Å². The first-order valence-electron chi connectivity index (χ1n) is 18.2. The molecule has 276 valence electrons. The zero-order chi connectivity index (χ0) is 36.0. The van der Waals surface area contributed by atoms with E-state index in [9.17, 15) is 14.4 Å². The van der Waals surface area contributed by atoms with Gasteiger partial charge in [0.25, 0.3) is 0 Å². The molecular formula is C38H49Cl2N5O5S. The average Bonchev–Trinajstić information content (AvgIpc) is 3.94. The highest BCUT2D eigenvalue weighted by molar-refractivity contribution is 7.09. The molecule has 2 saturated carbocycles. The number of hydrogen-bond donors (Lipinski definition) is 2. The second kappa shape index (κ2) is 17.2. The second-order valence-corrected chi connectivity index (χ2v) is 16.1. The molecule has 1 aromatic heterocycles. The molecule has 2 aliphatic heterocycles. The number of carbonyl (C=O) groups is 3. The number of hydrogen-bond acceptors (Lipinski definition) is 10. The molecule has 2 N–H and O–H groups in total. The van der Waals surface area contributed by atoms with Gasteiger partial charge in [-0.15, -0.1) is 11.3 Å². The van der Waals surface area contributed by atoms with Crippen molar-refractivity contribution >= 4 is 52.4 Å². The number of piperazine rings is 1.